The van der Waals surface area contributed by atoms with Crippen molar-refractivity contribution in [3.05, 3.63) is 53.3 Å². The Morgan fingerprint density at radius 1 is 0.900 bits per heavy atom. The summed E-state index contributed by atoms with van der Waals surface area (Å²) >= 11 is 5.92. The molecule has 2 aromatic rings. The van der Waals surface area contributed by atoms with Gasteiger partial charge in [-0.2, -0.15) is 0 Å². The predicted molar refractivity (Wildman–Crippen MR) is 126 cm³/mol. The highest BCUT2D eigenvalue weighted by atomic mass is 35.5. The van der Waals surface area contributed by atoms with Crippen molar-refractivity contribution < 1.29 is 9.53 Å². The van der Waals surface area contributed by atoms with Gasteiger partial charge in [0.25, 0.3) is 0 Å². The van der Waals surface area contributed by atoms with E-state index in [4.69, 9.17) is 16.3 Å². The Hall–Kier alpha value is -2.07. The van der Waals surface area contributed by atoms with Crippen molar-refractivity contribution in [2.24, 2.45) is 0 Å². The minimum Gasteiger partial charge on any atom is -0.420 e. The maximum atomic E-state index is 12.2. The SMILES string of the molecule is CCCCCCCCCCCCCNc1ccc(C(=O)Oc2cccnc2Cl)cc1. The first-order valence-corrected chi connectivity index (χ1v) is 11.7. The van der Waals surface area contributed by atoms with E-state index >= 15 is 0 Å². The number of nitrogens with zero attached hydrogens (tertiary/aromatic N) is 1. The number of carbonyl (C=O) groups is 1. The van der Waals surface area contributed by atoms with Gasteiger partial charge >= 0.3 is 5.97 Å². The lowest BCUT2D eigenvalue weighted by Crippen LogP contribution is -2.09. The lowest BCUT2D eigenvalue weighted by molar-refractivity contribution is 0.0734. The second kappa shape index (κ2) is 14.8. The van der Waals surface area contributed by atoms with Crippen LogP contribution in [0.3, 0.4) is 0 Å². The fourth-order valence-corrected chi connectivity index (χ4v) is 3.51. The molecule has 1 aromatic carbocycles. The number of aromatic nitrogens is 1. The number of halogens is 1. The van der Waals surface area contributed by atoms with Gasteiger partial charge in [0, 0.05) is 18.4 Å². The number of hydrogen-bond acceptors (Lipinski definition) is 4. The molecule has 0 aliphatic heterocycles. The Balaban J connectivity index is 1.55. The van der Waals surface area contributed by atoms with Gasteiger partial charge in [-0.15, -0.1) is 0 Å². The van der Waals surface area contributed by atoms with E-state index in [-0.39, 0.29) is 10.9 Å². The van der Waals surface area contributed by atoms with E-state index in [2.05, 4.69) is 17.2 Å². The molecule has 1 N–H and O–H groups in total. The van der Waals surface area contributed by atoms with Crippen molar-refractivity contribution in [2.45, 2.75) is 77.6 Å². The second-order valence-corrected chi connectivity index (χ2v) is 8.08. The maximum Gasteiger partial charge on any atom is 0.343 e. The van der Waals surface area contributed by atoms with E-state index < -0.39 is 5.97 Å². The van der Waals surface area contributed by atoms with Crippen LogP contribution in [-0.2, 0) is 0 Å². The zero-order valence-corrected chi connectivity index (χ0v) is 18.9. The summed E-state index contributed by atoms with van der Waals surface area (Å²) in [6, 6.07) is 10.6. The van der Waals surface area contributed by atoms with Gasteiger partial charge < -0.3 is 10.1 Å². The molecule has 5 heteroatoms. The quantitative estimate of drug-likeness (QED) is 0.179. The summed E-state index contributed by atoms with van der Waals surface area (Å²) in [6.45, 7) is 3.22. The minimum absolute atomic E-state index is 0.177. The van der Waals surface area contributed by atoms with Gasteiger partial charge in [0.1, 0.15) is 0 Å². The third-order valence-corrected chi connectivity index (χ3v) is 5.44. The first-order chi connectivity index (χ1) is 14.7. The summed E-state index contributed by atoms with van der Waals surface area (Å²) < 4.78 is 5.29. The van der Waals surface area contributed by atoms with E-state index in [1.165, 1.54) is 70.6 Å². The Morgan fingerprint density at radius 3 is 2.10 bits per heavy atom. The van der Waals surface area contributed by atoms with Crippen LogP contribution in [0.2, 0.25) is 5.15 Å². The number of carbonyl (C=O) groups excluding carboxylic acids is 1. The molecule has 0 spiro atoms. The highest BCUT2D eigenvalue weighted by molar-refractivity contribution is 6.30. The molecule has 0 atom stereocenters. The van der Waals surface area contributed by atoms with Gasteiger partial charge in [-0.05, 0) is 42.8 Å². The fourth-order valence-electron chi connectivity index (χ4n) is 3.35. The number of pyridine rings is 1. The van der Waals surface area contributed by atoms with Crippen LogP contribution in [0, 0.1) is 0 Å². The monoisotopic (exact) mass is 430 g/mol. The highest BCUT2D eigenvalue weighted by Crippen LogP contribution is 2.22. The lowest BCUT2D eigenvalue weighted by atomic mass is 10.1. The third kappa shape index (κ3) is 9.62. The van der Waals surface area contributed by atoms with Crippen LogP contribution in [0.4, 0.5) is 5.69 Å². The first kappa shape index (κ1) is 24.2. The van der Waals surface area contributed by atoms with Crippen molar-refractivity contribution in [3.63, 3.8) is 0 Å². The molecule has 1 aromatic heterocycles. The molecule has 2 rings (SSSR count). The van der Waals surface area contributed by atoms with Crippen molar-refractivity contribution >= 4 is 23.3 Å². The molecule has 30 heavy (non-hydrogen) atoms. The predicted octanol–water partition coefficient (Wildman–Crippen LogP) is 7.68. The summed E-state index contributed by atoms with van der Waals surface area (Å²) in [5, 5.41) is 3.59. The summed E-state index contributed by atoms with van der Waals surface area (Å²) in [6.07, 6.45) is 16.4. The molecular weight excluding hydrogens is 396 g/mol. The number of nitrogens with one attached hydrogen (secondary N) is 1. The average Bonchev–Trinajstić information content (AvgIpc) is 2.76. The Labute approximate surface area is 186 Å². The van der Waals surface area contributed by atoms with Gasteiger partial charge in [0.2, 0.25) is 0 Å². The molecule has 0 amide bonds. The van der Waals surface area contributed by atoms with Crippen molar-refractivity contribution in [1.29, 1.82) is 0 Å². The molecular formula is C25H35ClN2O2. The molecule has 164 valence electrons. The van der Waals surface area contributed by atoms with E-state index in [1.807, 2.05) is 12.1 Å². The summed E-state index contributed by atoms with van der Waals surface area (Å²) in [5.41, 5.74) is 1.49. The van der Waals surface area contributed by atoms with Crippen LogP contribution in [0.15, 0.2) is 42.6 Å². The number of unbranched alkanes of at least 4 members (excludes halogenated alkanes) is 10. The van der Waals surface area contributed by atoms with E-state index in [1.54, 1.807) is 30.5 Å². The molecule has 0 radical (unpaired) electrons. The molecule has 0 unspecified atom stereocenters. The molecule has 0 aliphatic carbocycles. The maximum absolute atomic E-state index is 12.2. The van der Waals surface area contributed by atoms with Gasteiger partial charge in [0.15, 0.2) is 10.9 Å². The molecule has 0 saturated carbocycles. The third-order valence-electron chi connectivity index (χ3n) is 5.16. The van der Waals surface area contributed by atoms with E-state index in [9.17, 15) is 4.79 Å². The second-order valence-electron chi connectivity index (χ2n) is 7.72. The number of rotatable bonds is 15. The summed E-state index contributed by atoms with van der Waals surface area (Å²) in [5.74, 6) is -0.176. The number of hydrogen-bond donors (Lipinski definition) is 1. The first-order valence-electron chi connectivity index (χ1n) is 11.4. The van der Waals surface area contributed by atoms with Crippen LogP contribution >= 0.6 is 11.6 Å². The molecule has 0 bridgehead atoms. The smallest absolute Gasteiger partial charge is 0.343 e. The van der Waals surface area contributed by atoms with Crippen LogP contribution in [0.25, 0.3) is 0 Å². The van der Waals surface area contributed by atoms with Crippen LogP contribution < -0.4 is 10.1 Å². The van der Waals surface area contributed by atoms with E-state index in [0.29, 0.717) is 5.56 Å². The lowest BCUT2D eigenvalue weighted by Gasteiger charge is -2.08. The number of esters is 1. The Morgan fingerprint density at radius 2 is 1.50 bits per heavy atom. The number of ether oxygens (including phenoxy) is 1. The van der Waals surface area contributed by atoms with Gasteiger partial charge in [-0.1, -0.05) is 82.7 Å². The highest BCUT2D eigenvalue weighted by Gasteiger charge is 2.11. The standard InChI is InChI=1S/C25H35ClN2O2/c1-2-3-4-5-6-7-8-9-10-11-12-19-27-22-17-15-21(16-18-22)25(29)30-23-14-13-20-28-24(23)26/h13-18,20,27H,2-12,19H2,1H3. The van der Waals surface area contributed by atoms with Crippen molar-refractivity contribution in [3.8, 4) is 5.75 Å². The van der Waals surface area contributed by atoms with Crippen molar-refractivity contribution in [2.75, 3.05) is 11.9 Å². The summed E-state index contributed by atoms with van der Waals surface area (Å²) in [4.78, 5) is 16.1. The molecule has 1 heterocycles. The number of anilines is 1. The molecule has 0 fully saturated rings. The zero-order chi connectivity index (χ0) is 21.4. The number of benzene rings is 1. The molecule has 0 aliphatic rings. The van der Waals surface area contributed by atoms with Crippen molar-refractivity contribution in [1.82, 2.24) is 4.98 Å². The van der Waals surface area contributed by atoms with Crippen LogP contribution in [-0.4, -0.2) is 17.5 Å². The normalized spacial score (nSPS) is 10.7. The summed E-state index contributed by atoms with van der Waals surface area (Å²) in [7, 11) is 0. The van der Waals surface area contributed by atoms with Gasteiger partial charge in [0.05, 0.1) is 5.56 Å². The van der Waals surface area contributed by atoms with Crippen LogP contribution in [0.5, 0.6) is 5.75 Å². The topological polar surface area (TPSA) is 51.2 Å². The Kier molecular flexibility index (Phi) is 12.0. The minimum atomic E-state index is -0.443. The molecule has 0 saturated heterocycles. The zero-order valence-electron chi connectivity index (χ0n) is 18.2. The largest absolute Gasteiger partial charge is 0.420 e. The molecule has 4 nitrogen and oxygen atoms in total. The van der Waals surface area contributed by atoms with E-state index in [0.717, 1.165) is 12.2 Å². The Bertz CT molecular complexity index is 734. The van der Waals surface area contributed by atoms with Gasteiger partial charge in [-0.25, -0.2) is 9.78 Å². The van der Waals surface area contributed by atoms with Crippen LogP contribution in [0.1, 0.15) is 87.9 Å². The average molecular weight is 431 g/mol. The fraction of sp³-hybridized carbons (Fsp3) is 0.520. The van der Waals surface area contributed by atoms with Gasteiger partial charge in [-0.3, -0.25) is 0 Å².